The van der Waals surface area contributed by atoms with E-state index in [1.54, 1.807) is 12.3 Å². The second-order valence-electron chi connectivity index (χ2n) is 9.95. The molecule has 0 spiro atoms. The van der Waals surface area contributed by atoms with Crippen LogP contribution in [-0.2, 0) is 31.9 Å². The summed E-state index contributed by atoms with van der Waals surface area (Å²) in [6.45, 7) is 8.72. The van der Waals surface area contributed by atoms with Crippen LogP contribution >= 0.6 is 0 Å². The molecule has 1 aliphatic rings. The summed E-state index contributed by atoms with van der Waals surface area (Å²) < 4.78 is 16.9. The van der Waals surface area contributed by atoms with E-state index in [2.05, 4.69) is 22.9 Å². The molecule has 0 radical (unpaired) electrons. The lowest BCUT2D eigenvalue weighted by molar-refractivity contribution is -0.148. The van der Waals surface area contributed by atoms with Crippen LogP contribution in [0.15, 0.2) is 69.9 Å². The normalized spacial score (nSPS) is 22.6. The van der Waals surface area contributed by atoms with Gasteiger partial charge in [-0.2, -0.15) is 0 Å². The number of hydrogen-bond acceptors (Lipinski definition) is 7. The zero-order chi connectivity index (χ0) is 27.2. The van der Waals surface area contributed by atoms with Crippen molar-refractivity contribution in [3.63, 3.8) is 0 Å². The summed E-state index contributed by atoms with van der Waals surface area (Å²) in [7, 11) is 4.06. The van der Waals surface area contributed by atoms with Crippen LogP contribution in [0, 0.1) is 0 Å². The van der Waals surface area contributed by atoms with Gasteiger partial charge in [-0.05, 0) is 67.1 Å². The molecule has 0 saturated heterocycles. The Morgan fingerprint density at radius 2 is 1.81 bits per heavy atom. The van der Waals surface area contributed by atoms with Crippen LogP contribution in [0.4, 0.5) is 0 Å². The molecule has 7 heteroatoms. The molecule has 2 heterocycles. The van der Waals surface area contributed by atoms with Crippen molar-refractivity contribution in [1.82, 2.24) is 9.88 Å². The summed E-state index contributed by atoms with van der Waals surface area (Å²) in [4.78, 5) is 31.4. The third kappa shape index (κ3) is 13.1. The van der Waals surface area contributed by atoms with Crippen molar-refractivity contribution in [2.24, 2.45) is 0 Å². The lowest BCUT2D eigenvalue weighted by Gasteiger charge is -2.13. The first kappa shape index (κ1) is 30.0. The molecule has 0 saturated carbocycles. The SMILES string of the molecule is CC1=C/C=C\C(=O)OC(/C=C(C)/C=C/C(C)=C/CN(C)C)Cc2nc(co2)CCCCC(=O)O[C@H](C)C1. The van der Waals surface area contributed by atoms with E-state index < -0.39 is 12.1 Å². The minimum absolute atomic E-state index is 0.194. The molecular weight excluding hydrogens is 468 g/mol. The van der Waals surface area contributed by atoms with Gasteiger partial charge in [0.15, 0.2) is 5.89 Å². The first-order valence-electron chi connectivity index (χ1n) is 13.0. The summed E-state index contributed by atoms with van der Waals surface area (Å²) in [5, 5.41) is 0. The van der Waals surface area contributed by atoms with Gasteiger partial charge in [-0.3, -0.25) is 4.79 Å². The molecule has 1 aromatic rings. The Morgan fingerprint density at radius 3 is 2.57 bits per heavy atom. The predicted octanol–water partition coefficient (Wildman–Crippen LogP) is 5.69. The molecule has 37 heavy (non-hydrogen) atoms. The van der Waals surface area contributed by atoms with Gasteiger partial charge in [0.25, 0.3) is 0 Å². The van der Waals surface area contributed by atoms with Gasteiger partial charge in [0, 0.05) is 25.5 Å². The number of cyclic esters (lactones) is 2. The van der Waals surface area contributed by atoms with Gasteiger partial charge in [0.2, 0.25) is 0 Å². The number of likely N-dealkylation sites (N-methyl/N-ethyl adjacent to an activating group) is 1. The van der Waals surface area contributed by atoms with Crippen LogP contribution < -0.4 is 0 Å². The summed E-state index contributed by atoms with van der Waals surface area (Å²) in [5.41, 5.74) is 3.95. The minimum atomic E-state index is -0.530. The molecule has 7 nitrogen and oxygen atoms in total. The fourth-order valence-corrected chi connectivity index (χ4v) is 3.77. The summed E-state index contributed by atoms with van der Waals surface area (Å²) in [6, 6.07) is 0. The lowest BCUT2D eigenvalue weighted by Crippen LogP contribution is -2.18. The first-order chi connectivity index (χ1) is 17.6. The van der Waals surface area contributed by atoms with E-state index in [0.717, 1.165) is 41.8 Å². The van der Waals surface area contributed by atoms with Crippen molar-refractivity contribution in [3.8, 4) is 0 Å². The van der Waals surface area contributed by atoms with E-state index in [9.17, 15) is 9.59 Å². The minimum Gasteiger partial charge on any atom is -0.462 e. The van der Waals surface area contributed by atoms with E-state index in [4.69, 9.17) is 13.9 Å². The van der Waals surface area contributed by atoms with Crippen LogP contribution in [0.1, 0.15) is 65.0 Å². The largest absolute Gasteiger partial charge is 0.462 e. The molecule has 2 bridgehead atoms. The lowest BCUT2D eigenvalue weighted by atomic mass is 10.1. The highest BCUT2D eigenvalue weighted by atomic mass is 16.5. The molecule has 0 aromatic carbocycles. The molecule has 0 fully saturated rings. The van der Waals surface area contributed by atoms with Crippen molar-refractivity contribution in [3.05, 3.63) is 77.1 Å². The Hall–Kier alpha value is -3.19. The zero-order valence-electron chi connectivity index (χ0n) is 23.2. The van der Waals surface area contributed by atoms with Crippen LogP contribution in [-0.4, -0.2) is 54.7 Å². The Morgan fingerprint density at radius 1 is 1.08 bits per heavy atom. The van der Waals surface area contributed by atoms with E-state index in [0.29, 0.717) is 31.6 Å². The summed E-state index contributed by atoms with van der Waals surface area (Å²) in [6.07, 6.45) is 17.5. The Bertz CT molecular complexity index is 1040. The number of allylic oxidation sites excluding steroid dienone is 6. The van der Waals surface area contributed by atoms with Crippen molar-refractivity contribution >= 4 is 11.9 Å². The monoisotopic (exact) mass is 510 g/mol. The molecule has 202 valence electrons. The molecule has 2 atom stereocenters. The average Bonchev–Trinajstić information content (AvgIpc) is 3.25. The highest BCUT2D eigenvalue weighted by Gasteiger charge is 2.16. The van der Waals surface area contributed by atoms with Crippen molar-refractivity contribution in [1.29, 1.82) is 0 Å². The van der Waals surface area contributed by atoms with E-state index in [1.165, 1.54) is 6.08 Å². The maximum absolute atomic E-state index is 12.6. The fraction of sp³-hybridized carbons (Fsp3) is 0.500. The number of fused-ring (bicyclic) bond motifs is 2. The summed E-state index contributed by atoms with van der Waals surface area (Å²) in [5.74, 6) is -0.136. The second kappa shape index (κ2) is 15.8. The van der Waals surface area contributed by atoms with Gasteiger partial charge >= 0.3 is 11.9 Å². The molecule has 1 aliphatic heterocycles. The van der Waals surface area contributed by atoms with E-state index in [-0.39, 0.29) is 12.1 Å². The molecule has 0 aliphatic carbocycles. The molecular formula is C30H42N2O5. The van der Waals surface area contributed by atoms with Crippen LogP contribution in [0.5, 0.6) is 0 Å². The number of carbonyl (C=O) groups excluding carboxylic acids is 2. The predicted molar refractivity (Wildman–Crippen MR) is 146 cm³/mol. The van der Waals surface area contributed by atoms with Crippen molar-refractivity contribution in [2.75, 3.05) is 20.6 Å². The van der Waals surface area contributed by atoms with E-state index in [1.807, 2.05) is 59.2 Å². The number of hydrogen-bond donors (Lipinski definition) is 0. The zero-order valence-corrected chi connectivity index (χ0v) is 23.2. The van der Waals surface area contributed by atoms with Gasteiger partial charge in [-0.1, -0.05) is 47.1 Å². The second-order valence-corrected chi connectivity index (χ2v) is 9.95. The van der Waals surface area contributed by atoms with Crippen molar-refractivity contribution < 1.29 is 23.5 Å². The molecule has 2 rings (SSSR count). The number of aryl methyl sites for hydroxylation is 1. The third-order valence-corrected chi connectivity index (χ3v) is 5.70. The molecule has 1 unspecified atom stereocenters. The maximum Gasteiger partial charge on any atom is 0.331 e. The van der Waals surface area contributed by atoms with Crippen LogP contribution in [0.25, 0.3) is 0 Å². The van der Waals surface area contributed by atoms with Gasteiger partial charge in [0.05, 0.1) is 12.1 Å². The quantitative estimate of drug-likeness (QED) is 0.372. The number of aromatic nitrogens is 1. The third-order valence-electron chi connectivity index (χ3n) is 5.70. The fourth-order valence-electron chi connectivity index (χ4n) is 3.77. The number of ether oxygens (including phenoxy) is 2. The van der Waals surface area contributed by atoms with Gasteiger partial charge in [0.1, 0.15) is 18.5 Å². The highest BCUT2D eigenvalue weighted by Crippen LogP contribution is 2.15. The molecule has 0 amide bonds. The molecule has 0 N–H and O–H groups in total. The number of esters is 2. The van der Waals surface area contributed by atoms with Gasteiger partial charge < -0.3 is 18.8 Å². The Labute approximate surface area is 221 Å². The van der Waals surface area contributed by atoms with Gasteiger partial charge in [-0.25, -0.2) is 9.78 Å². The number of rotatable bonds is 5. The maximum atomic E-state index is 12.6. The first-order valence-corrected chi connectivity index (χ1v) is 13.0. The summed E-state index contributed by atoms with van der Waals surface area (Å²) >= 11 is 0. The Balaban J connectivity index is 2.21. The van der Waals surface area contributed by atoms with Crippen LogP contribution in [0.2, 0.25) is 0 Å². The number of oxazole rings is 1. The topological polar surface area (TPSA) is 81.9 Å². The number of nitrogens with zero attached hydrogens (tertiary/aromatic N) is 2. The van der Waals surface area contributed by atoms with E-state index >= 15 is 0 Å². The standard InChI is InChI=1S/C30H42N2O5/c1-22(16-17-32(5)6)14-15-24(3)19-27-20-28-31-26(21-35-28)11-7-8-12-29(33)36-25(4)18-23(2)10-9-13-30(34)37-27/h9-10,13-16,19,21,25,27H,7-8,11-12,17-18,20H2,1-6H3/b13-9-,15-14+,22-16+,23-10?,24-19+/t25-,27?/m1/s1. The number of carbonyl (C=O) groups is 2. The smallest absolute Gasteiger partial charge is 0.331 e. The average molecular weight is 511 g/mol. The van der Waals surface area contributed by atoms with Gasteiger partial charge in [-0.15, -0.1) is 0 Å². The highest BCUT2D eigenvalue weighted by molar-refractivity contribution is 5.82. The Kier molecular flexibility index (Phi) is 12.8. The molecule has 1 aromatic heterocycles. The van der Waals surface area contributed by atoms with Crippen LogP contribution in [0.3, 0.4) is 0 Å². The van der Waals surface area contributed by atoms with Crippen molar-refractivity contribution in [2.45, 2.75) is 78.4 Å².